The minimum atomic E-state index is 0.641. The highest BCUT2D eigenvalue weighted by Gasteiger charge is 2.22. The van der Waals surface area contributed by atoms with E-state index in [9.17, 15) is 0 Å². The molecule has 1 saturated heterocycles. The van der Waals surface area contributed by atoms with Gasteiger partial charge in [-0.3, -0.25) is 4.90 Å². The average Bonchev–Trinajstić information content (AvgIpc) is 2.92. The van der Waals surface area contributed by atoms with Gasteiger partial charge in [0, 0.05) is 32.1 Å². The van der Waals surface area contributed by atoms with Crippen molar-refractivity contribution in [3.63, 3.8) is 0 Å². The highest BCUT2D eigenvalue weighted by molar-refractivity contribution is 5.47. The van der Waals surface area contributed by atoms with Crippen LogP contribution in [0.5, 0.6) is 0 Å². The van der Waals surface area contributed by atoms with Crippen LogP contribution in [0, 0.1) is 0 Å². The zero-order valence-corrected chi connectivity index (χ0v) is 12.9. The molecule has 0 radical (unpaired) electrons. The Balaban J connectivity index is 1.99. The van der Waals surface area contributed by atoms with Crippen LogP contribution < -0.4 is 10.6 Å². The van der Waals surface area contributed by atoms with Gasteiger partial charge >= 0.3 is 0 Å². The van der Waals surface area contributed by atoms with Crippen LogP contribution in [0.1, 0.15) is 38.9 Å². The first-order valence-electron chi connectivity index (χ1n) is 7.80. The van der Waals surface area contributed by atoms with Gasteiger partial charge in [-0.05, 0) is 32.4 Å². The summed E-state index contributed by atoms with van der Waals surface area (Å²) in [4.78, 5) is 11.6. The Hall–Kier alpha value is -1.36. The summed E-state index contributed by atoms with van der Waals surface area (Å²) in [5.74, 6) is 2.75. The van der Waals surface area contributed by atoms with E-state index in [0.29, 0.717) is 6.04 Å². The maximum atomic E-state index is 4.60. The van der Waals surface area contributed by atoms with E-state index in [1.54, 1.807) is 0 Å². The number of aryl methyl sites for hydroxylation is 1. The van der Waals surface area contributed by atoms with Crippen molar-refractivity contribution in [2.45, 2.75) is 45.6 Å². The summed E-state index contributed by atoms with van der Waals surface area (Å²) in [6.45, 7) is 7.73. The lowest BCUT2D eigenvalue weighted by molar-refractivity contribution is 0.277. The predicted molar refractivity (Wildman–Crippen MR) is 84.3 cm³/mol. The lowest BCUT2D eigenvalue weighted by Gasteiger charge is -2.23. The Morgan fingerprint density at radius 2 is 2.10 bits per heavy atom. The molecule has 0 bridgehead atoms. The molecule has 1 aliphatic heterocycles. The fourth-order valence-electron chi connectivity index (χ4n) is 2.82. The van der Waals surface area contributed by atoms with Gasteiger partial charge in [0.05, 0.1) is 0 Å². The molecule has 2 N–H and O–H groups in total. The van der Waals surface area contributed by atoms with E-state index in [1.165, 1.54) is 19.4 Å². The van der Waals surface area contributed by atoms with Gasteiger partial charge in [0.25, 0.3) is 0 Å². The van der Waals surface area contributed by atoms with Crippen molar-refractivity contribution in [2.24, 2.45) is 0 Å². The zero-order chi connectivity index (χ0) is 14.4. The lowest BCUT2D eigenvalue weighted by Crippen LogP contribution is -2.34. The fourth-order valence-corrected chi connectivity index (χ4v) is 2.82. The molecule has 5 nitrogen and oxygen atoms in total. The highest BCUT2D eigenvalue weighted by atomic mass is 15.2. The van der Waals surface area contributed by atoms with E-state index in [1.807, 2.05) is 13.1 Å². The van der Waals surface area contributed by atoms with Crippen LogP contribution >= 0.6 is 0 Å². The molecule has 0 aliphatic carbocycles. The number of aromatic nitrogens is 2. The van der Waals surface area contributed by atoms with Crippen molar-refractivity contribution in [1.29, 1.82) is 0 Å². The van der Waals surface area contributed by atoms with Crippen molar-refractivity contribution in [3.05, 3.63) is 11.9 Å². The molecular weight excluding hydrogens is 250 g/mol. The predicted octanol–water partition coefficient (Wildman–Crippen LogP) is 2.37. The van der Waals surface area contributed by atoms with Gasteiger partial charge in [0.1, 0.15) is 17.5 Å². The van der Waals surface area contributed by atoms with Crippen LogP contribution in [0.15, 0.2) is 6.07 Å². The fraction of sp³-hybridized carbons (Fsp3) is 0.733. The summed E-state index contributed by atoms with van der Waals surface area (Å²) in [7, 11) is 1.90. The van der Waals surface area contributed by atoms with Crippen LogP contribution in [-0.2, 0) is 6.42 Å². The molecule has 5 heteroatoms. The van der Waals surface area contributed by atoms with Gasteiger partial charge in [-0.2, -0.15) is 0 Å². The molecule has 0 aromatic carbocycles. The first kappa shape index (κ1) is 15.0. The number of hydrogen-bond donors (Lipinski definition) is 2. The van der Waals surface area contributed by atoms with E-state index in [4.69, 9.17) is 0 Å². The molecule has 1 aromatic rings. The third-order valence-electron chi connectivity index (χ3n) is 3.93. The van der Waals surface area contributed by atoms with Crippen LogP contribution in [-0.4, -0.2) is 47.6 Å². The summed E-state index contributed by atoms with van der Waals surface area (Å²) in [5.41, 5.74) is 0. The van der Waals surface area contributed by atoms with Crippen molar-refractivity contribution in [3.8, 4) is 0 Å². The Labute approximate surface area is 122 Å². The number of rotatable bonds is 7. The summed E-state index contributed by atoms with van der Waals surface area (Å²) < 4.78 is 0. The molecule has 0 spiro atoms. The summed E-state index contributed by atoms with van der Waals surface area (Å²) in [5, 5.41) is 6.60. The second kappa shape index (κ2) is 7.43. The van der Waals surface area contributed by atoms with E-state index < -0.39 is 0 Å². The number of nitrogens with zero attached hydrogens (tertiary/aromatic N) is 3. The van der Waals surface area contributed by atoms with Gasteiger partial charge in [0.2, 0.25) is 0 Å². The molecule has 1 aromatic heterocycles. The van der Waals surface area contributed by atoms with E-state index in [2.05, 4.69) is 39.3 Å². The second-order valence-corrected chi connectivity index (χ2v) is 5.36. The van der Waals surface area contributed by atoms with E-state index in [-0.39, 0.29) is 0 Å². The molecule has 112 valence electrons. The van der Waals surface area contributed by atoms with E-state index >= 15 is 0 Å². The van der Waals surface area contributed by atoms with Gasteiger partial charge in [-0.15, -0.1) is 0 Å². The third-order valence-corrected chi connectivity index (χ3v) is 3.93. The molecular formula is C15H27N5. The SMILES string of the molecule is CCCc1nc(NC)cc(NCC2CCCN2CC)n1. The van der Waals surface area contributed by atoms with Crippen LogP contribution in [0.2, 0.25) is 0 Å². The lowest BCUT2D eigenvalue weighted by atomic mass is 10.2. The molecule has 0 saturated carbocycles. The molecule has 1 atom stereocenters. The minimum absolute atomic E-state index is 0.641. The molecule has 0 amide bonds. The number of hydrogen-bond acceptors (Lipinski definition) is 5. The summed E-state index contributed by atoms with van der Waals surface area (Å²) in [6, 6.07) is 2.63. The molecule has 1 aliphatic rings. The maximum Gasteiger partial charge on any atom is 0.133 e. The maximum absolute atomic E-state index is 4.60. The summed E-state index contributed by atoms with van der Waals surface area (Å²) >= 11 is 0. The van der Waals surface area contributed by atoms with E-state index in [0.717, 1.165) is 43.4 Å². The Morgan fingerprint density at radius 3 is 2.80 bits per heavy atom. The van der Waals surface area contributed by atoms with Gasteiger partial charge in [0.15, 0.2) is 0 Å². The average molecular weight is 277 g/mol. The first-order chi connectivity index (χ1) is 9.76. The standard InChI is InChI=1S/C15H27N5/c1-4-7-13-18-14(16-3)10-15(19-13)17-11-12-8-6-9-20(12)5-2/h10,12H,4-9,11H2,1-3H3,(H2,16,17,18,19). The Bertz CT molecular complexity index is 421. The van der Waals surface area contributed by atoms with Gasteiger partial charge < -0.3 is 10.6 Å². The molecule has 20 heavy (non-hydrogen) atoms. The number of likely N-dealkylation sites (tertiary alicyclic amines) is 1. The van der Waals surface area contributed by atoms with Crippen molar-refractivity contribution >= 4 is 11.6 Å². The number of nitrogens with one attached hydrogen (secondary N) is 2. The van der Waals surface area contributed by atoms with Crippen molar-refractivity contribution in [2.75, 3.05) is 37.3 Å². The largest absolute Gasteiger partial charge is 0.373 e. The topological polar surface area (TPSA) is 53.1 Å². The van der Waals surface area contributed by atoms with Crippen LogP contribution in [0.4, 0.5) is 11.6 Å². The normalized spacial score (nSPS) is 19.2. The van der Waals surface area contributed by atoms with Gasteiger partial charge in [-0.25, -0.2) is 9.97 Å². The van der Waals surface area contributed by atoms with Crippen molar-refractivity contribution in [1.82, 2.24) is 14.9 Å². The summed E-state index contributed by atoms with van der Waals surface area (Å²) in [6.07, 6.45) is 4.59. The Kier molecular flexibility index (Phi) is 5.59. The first-order valence-corrected chi connectivity index (χ1v) is 7.80. The van der Waals surface area contributed by atoms with Crippen molar-refractivity contribution < 1.29 is 0 Å². The molecule has 2 rings (SSSR count). The van der Waals surface area contributed by atoms with Crippen LogP contribution in [0.25, 0.3) is 0 Å². The second-order valence-electron chi connectivity index (χ2n) is 5.36. The Morgan fingerprint density at radius 1 is 1.30 bits per heavy atom. The number of likely N-dealkylation sites (N-methyl/N-ethyl adjacent to an activating group) is 1. The number of anilines is 2. The quantitative estimate of drug-likeness (QED) is 0.801. The zero-order valence-electron chi connectivity index (χ0n) is 12.9. The van der Waals surface area contributed by atoms with Gasteiger partial charge in [-0.1, -0.05) is 13.8 Å². The highest BCUT2D eigenvalue weighted by Crippen LogP contribution is 2.18. The molecule has 2 heterocycles. The molecule has 1 unspecified atom stereocenters. The monoisotopic (exact) mass is 277 g/mol. The molecule has 1 fully saturated rings. The minimum Gasteiger partial charge on any atom is -0.373 e. The smallest absolute Gasteiger partial charge is 0.133 e. The third kappa shape index (κ3) is 3.82. The van der Waals surface area contributed by atoms with Crippen LogP contribution in [0.3, 0.4) is 0 Å².